The molecule has 4 aliphatic rings. The summed E-state index contributed by atoms with van der Waals surface area (Å²) in [5.41, 5.74) is 7.25. The first-order valence-corrected chi connectivity index (χ1v) is 10.6. The second-order valence-electron chi connectivity index (χ2n) is 10.1. The van der Waals surface area contributed by atoms with Gasteiger partial charge in [-0.1, -0.05) is 25.5 Å². The van der Waals surface area contributed by atoms with Crippen LogP contribution < -0.4 is 5.73 Å². The van der Waals surface area contributed by atoms with Gasteiger partial charge in [0.15, 0.2) is 0 Å². The lowest BCUT2D eigenvalue weighted by molar-refractivity contribution is -0.122. The third kappa shape index (κ3) is 2.67. The van der Waals surface area contributed by atoms with E-state index < -0.39 is 12.0 Å². The van der Waals surface area contributed by atoms with Crippen molar-refractivity contribution in [2.24, 2.45) is 40.2 Å². The van der Waals surface area contributed by atoms with Crippen molar-refractivity contribution < 1.29 is 15.0 Å². The lowest BCUT2D eigenvalue weighted by Gasteiger charge is -2.58. The fraction of sp³-hybridized carbons (Fsp3) is 0.864. The number of fused-ring (bicyclic) bond motifs is 5. The number of aliphatic hydroxyl groups is 2. The molecule has 3 saturated carbocycles. The van der Waals surface area contributed by atoms with Crippen LogP contribution in [0.15, 0.2) is 11.6 Å². The lowest BCUT2D eigenvalue weighted by atomic mass is 9.47. The van der Waals surface area contributed by atoms with Crippen molar-refractivity contribution in [1.29, 1.82) is 0 Å². The molecule has 8 atom stereocenters. The van der Waals surface area contributed by atoms with Gasteiger partial charge in [-0.3, -0.25) is 4.79 Å². The van der Waals surface area contributed by atoms with E-state index in [-0.39, 0.29) is 29.3 Å². The molecule has 4 aliphatic carbocycles. The van der Waals surface area contributed by atoms with E-state index in [1.165, 1.54) is 18.4 Å². The summed E-state index contributed by atoms with van der Waals surface area (Å²) in [4.78, 5) is 11.3. The van der Waals surface area contributed by atoms with Gasteiger partial charge in [-0.2, -0.15) is 0 Å². The van der Waals surface area contributed by atoms with Crippen LogP contribution in [0.2, 0.25) is 0 Å². The van der Waals surface area contributed by atoms with Gasteiger partial charge in [0.05, 0.1) is 18.6 Å². The van der Waals surface area contributed by atoms with Crippen LogP contribution in [0.4, 0.5) is 0 Å². The summed E-state index contributed by atoms with van der Waals surface area (Å²) in [6.45, 7) is 4.81. The highest BCUT2D eigenvalue weighted by molar-refractivity contribution is 5.74. The lowest BCUT2D eigenvalue weighted by Crippen LogP contribution is -2.51. The maximum absolute atomic E-state index is 11.3. The van der Waals surface area contributed by atoms with E-state index in [2.05, 4.69) is 19.9 Å². The van der Waals surface area contributed by atoms with Crippen LogP contribution in [0.25, 0.3) is 0 Å². The number of primary amides is 1. The molecule has 1 amide bonds. The Labute approximate surface area is 157 Å². The molecule has 0 radical (unpaired) electrons. The summed E-state index contributed by atoms with van der Waals surface area (Å²) in [7, 11) is 0. The molecule has 0 aromatic carbocycles. The number of carbonyl (C=O) groups is 1. The quantitative estimate of drug-likeness (QED) is 0.675. The number of amides is 1. The number of nitrogens with two attached hydrogens (primary N) is 1. The zero-order valence-electron chi connectivity index (χ0n) is 16.3. The SMILES string of the molecule is C[C@]12CC[C@H]3[C@@H](CC=C4C[C@@H](O)CC[C@@]43C)[C@@H]1CC[C@@H]2[C@H](O)CC(N)=O. The van der Waals surface area contributed by atoms with Crippen molar-refractivity contribution >= 4 is 5.91 Å². The van der Waals surface area contributed by atoms with Crippen LogP contribution >= 0.6 is 0 Å². The molecule has 0 aromatic heterocycles. The van der Waals surface area contributed by atoms with Gasteiger partial charge in [-0.15, -0.1) is 0 Å². The zero-order chi connectivity index (χ0) is 18.7. The predicted molar refractivity (Wildman–Crippen MR) is 101 cm³/mol. The Balaban J connectivity index is 1.59. The van der Waals surface area contributed by atoms with Crippen molar-refractivity contribution in [3.63, 3.8) is 0 Å². The monoisotopic (exact) mass is 361 g/mol. The first-order chi connectivity index (χ1) is 12.3. The molecule has 26 heavy (non-hydrogen) atoms. The molecule has 0 aliphatic heterocycles. The average Bonchev–Trinajstić information content (AvgIpc) is 2.92. The Hall–Kier alpha value is -0.870. The molecule has 4 heteroatoms. The molecule has 0 aromatic rings. The first kappa shape index (κ1) is 18.5. The number of allylic oxidation sites excluding steroid dienone is 1. The van der Waals surface area contributed by atoms with Crippen LogP contribution in [0.1, 0.15) is 71.6 Å². The summed E-state index contributed by atoms with van der Waals surface area (Å²) < 4.78 is 0. The maximum Gasteiger partial charge on any atom is 0.220 e. The zero-order valence-corrected chi connectivity index (χ0v) is 16.3. The second-order valence-corrected chi connectivity index (χ2v) is 10.1. The highest BCUT2D eigenvalue weighted by Crippen LogP contribution is 2.66. The molecule has 4 rings (SSSR count). The summed E-state index contributed by atoms with van der Waals surface area (Å²) in [5.74, 6) is 1.84. The Morgan fingerprint density at radius 3 is 2.73 bits per heavy atom. The van der Waals surface area contributed by atoms with Crippen LogP contribution in [0, 0.1) is 34.5 Å². The number of carbonyl (C=O) groups excluding carboxylic acids is 1. The summed E-state index contributed by atoms with van der Waals surface area (Å²) in [5, 5.41) is 20.8. The fourth-order valence-corrected chi connectivity index (χ4v) is 7.66. The van der Waals surface area contributed by atoms with E-state index in [1.54, 1.807) is 0 Å². The van der Waals surface area contributed by atoms with Crippen LogP contribution in [0.5, 0.6) is 0 Å². The number of rotatable bonds is 3. The second kappa shape index (κ2) is 6.34. The first-order valence-electron chi connectivity index (χ1n) is 10.6. The molecular weight excluding hydrogens is 326 g/mol. The highest BCUT2D eigenvalue weighted by atomic mass is 16.3. The van der Waals surface area contributed by atoms with E-state index in [1.807, 2.05) is 0 Å². The molecule has 4 N–H and O–H groups in total. The summed E-state index contributed by atoms with van der Waals surface area (Å²) in [6.07, 6.45) is 10.4. The van der Waals surface area contributed by atoms with Gasteiger partial charge in [-0.25, -0.2) is 0 Å². The Kier molecular flexibility index (Phi) is 4.51. The molecule has 0 bridgehead atoms. The van der Waals surface area contributed by atoms with Gasteiger partial charge in [0.2, 0.25) is 5.91 Å². The van der Waals surface area contributed by atoms with Gasteiger partial charge in [0, 0.05) is 0 Å². The van der Waals surface area contributed by atoms with Gasteiger partial charge < -0.3 is 15.9 Å². The van der Waals surface area contributed by atoms with Crippen LogP contribution in [-0.4, -0.2) is 28.3 Å². The van der Waals surface area contributed by atoms with E-state index in [4.69, 9.17) is 5.73 Å². The van der Waals surface area contributed by atoms with E-state index in [0.717, 1.165) is 38.5 Å². The number of hydrogen-bond acceptors (Lipinski definition) is 3. The molecule has 0 unspecified atom stereocenters. The summed E-state index contributed by atoms with van der Waals surface area (Å²) in [6, 6.07) is 0. The largest absolute Gasteiger partial charge is 0.393 e. The number of aliphatic hydroxyl groups excluding tert-OH is 2. The predicted octanol–water partition coefficient (Wildman–Crippen LogP) is 3.16. The van der Waals surface area contributed by atoms with Gasteiger partial charge in [0.25, 0.3) is 0 Å². The normalized spacial score (nSPS) is 48.8. The molecular formula is C22H35NO3. The van der Waals surface area contributed by atoms with Crippen molar-refractivity contribution in [2.75, 3.05) is 0 Å². The van der Waals surface area contributed by atoms with Gasteiger partial charge in [-0.05, 0) is 85.9 Å². The molecule has 0 spiro atoms. The Morgan fingerprint density at radius 1 is 1.23 bits per heavy atom. The van der Waals surface area contributed by atoms with E-state index in [9.17, 15) is 15.0 Å². The van der Waals surface area contributed by atoms with Gasteiger partial charge >= 0.3 is 0 Å². The van der Waals surface area contributed by atoms with Crippen molar-refractivity contribution in [1.82, 2.24) is 0 Å². The van der Waals surface area contributed by atoms with Crippen LogP contribution in [0.3, 0.4) is 0 Å². The van der Waals surface area contributed by atoms with E-state index in [0.29, 0.717) is 17.8 Å². The molecule has 0 heterocycles. The third-order valence-electron chi connectivity index (χ3n) is 9.03. The van der Waals surface area contributed by atoms with Crippen molar-refractivity contribution in [2.45, 2.75) is 83.8 Å². The minimum absolute atomic E-state index is 0.0979. The van der Waals surface area contributed by atoms with Crippen LogP contribution in [-0.2, 0) is 4.79 Å². The third-order valence-corrected chi connectivity index (χ3v) is 9.03. The maximum atomic E-state index is 11.3. The number of hydrogen-bond donors (Lipinski definition) is 3. The average molecular weight is 362 g/mol. The van der Waals surface area contributed by atoms with Gasteiger partial charge in [0.1, 0.15) is 0 Å². The topological polar surface area (TPSA) is 83.6 Å². The molecule has 0 saturated heterocycles. The summed E-state index contributed by atoms with van der Waals surface area (Å²) >= 11 is 0. The Bertz CT molecular complexity index is 617. The van der Waals surface area contributed by atoms with Crippen molar-refractivity contribution in [3.8, 4) is 0 Å². The standard InChI is InChI=1S/C22H35NO3/c1-21-9-7-14(24)11-13(21)3-4-15-16-5-6-18(19(25)12-20(23)26)22(16,2)10-8-17(15)21/h3,14-19,24-25H,4-12H2,1-2H3,(H2,23,26)/t14-,15-,16-,17-,18+,19+,21-,22-/m0/s1. The fourth-order valence-electron chi connectivity index (χ4n) is 7.66. The molecule has 4 nitrogen and oxygen atoms in total. The molecule has 3 fully saturated rings. The molecule has 146 valence electrons. The smallest absolute Gasteiger partial charge is 0.220 e. The minimum atomic E-state index is -0.589. The highest BCUT2D eigenvalue weighted by Gasteiger charge is 2.59. The minimum Gasteiger partial charge on any atom is -0.393 e. The van der Waals surface area contributed by atoms with E-state index >= 15 is 0 Å². The van der Waals surface area contributed by atoms with Crippen molar-refractivity contribution in [3.05, 3.63) is 11.6 Å². The Morgan fingerprint density at radius 2 is 2.00 bits per heavy atom.